The van der Waals surface area contributed by atoms with Gasteiger partial charge in [0.2, 0.25) is 0 Å². The standard InChI is InChI=1S/C12H11BrFNO4S/c1-7-12(5-9(6-16)19-7)20(17,18)15-11-4-8(14)2-3-10(11)13/h2-5,15-16H,6H2,1H3. The summed E-state index contributed by atoms with van der Waals surface area (Å²) in [6.45, 7) is 1.06. The van der Waals surface area contributed by atoms with Crippen molar-refractivity contribution in [3.8, 4) is 0 Å². The average molecular weight is 364 g/mol. The largest absolute Gasteiger partial charge is 0.462 e. The lowest BCUT2D eigenvalue weighted by Crippen LogP contribution is -2.13. The van der Waals surface area contributed by atoms with Gasteiger partial charge in [0.1, 0.15) is 28.8 Å². The van der Waals surface area contributed by atoms with Crippen molar-refractivity contribution in [3.05, 3.63) is 46.1 Å². The molecule has 2 aromatic rings. The minimum Gasteiger partial charge on any atom is -0.462 e. The molecule has 0 spiro atoms. The Hall–Kier alpha value is -1.38. The molecule has 1 aromatic heterocycles. The van der Waals surface area contributed by atoms with E-state index in [1.54, 1.807) is 0 Å². The van der Waals surface area contributed by atoms with E-state index >= 15 is 0 Å². The molecule has 1 aromatic carbocycles. The van der Waals surface area contributed by atoms with Crippen molar-refractivity contribution in [1.82, 2.24) is 0 Å². The predicted molar refractivity (Wildman–Crippen MR) is 74.3 cm³/mol. The molecule has 0 radical (unpaired) electrons. The zero-order valence-corrected chi connectivity index (χ0v) is 12.8. The molecule has 0 aliphatic carbocycles. The molecule has 0 amide bonds. The highest BCUT2D eigenvalue weighted by atomic mass is 79.9. The molecule has 108 valence electrons. The zero-order valence-electron chi connectivity index (χ0n) is 10.4. The summed E-state index contributed by atoms with van der Waals surface area (Å²) in [6.07, 6.45) is 0. The van der Waals surface area contributed by atoms with Crippen LogP contribution in [0.15, 0.2) is 38.1 Å². The Bertz CT molecular complexity index is 742. The summed E-state index contributed by atoms with van der Waals surface area (Å²) in [7, 11) is -3.92. The Labute approximate surface area is 123 Å². The summed E-state index contributed by atoms with van der Waals surface area (Å²) in [5, 5.41) is 8.95. The van der Waals surface area contributed by atoms with Crippen LogP contribution in [0, 0.1) is 12.7 Å². The number of benzene rings is 1. The lowest BCUT2D eigenvalue weighted by Gasteiger charge is -2.08. The Kier molecular flexibility index (Phi) is 4.17. The summed E-state index contributed by atoms with van der Waals surface area (Å²) in [5.41, 5.74) is 0.0798. The first-order valence-electron chi connectivity index (χ1n) is 5.51. The molecule has 0 aliphatic rings. The second-order valence-electron chi connectivity index (χ2n) is 4.02. The topological polar surface area (TPSA) is 79.5 Å². The van der Waals surface area contributed by atoms with Gasteiger partial charge in [0.25, 0.3) is 10.0 Å². The van der Waals surface area contributed by atoms with E-state index in [0.717, 1.165) is 6.07 Å². The van der Waals surface area contributed by atoms with Crippen LogP contribution >= 0.6 is 15.9 Å². The van der Waals surface area contributed by atoms with E-state index in [2.05, 4.69) is 20.7 Å². The molecule has 0 saturated carbocycles. The average Bonchev–Trinajstić information content (AvgIpc) is 2.76. The Morgan fingerprint density at radius 3 is 2.70 bits per heavy atom. The molecule has 5 nitrogen and oxygen atoms in total. The van der Waals surface area contributed by atoms with Crippen LogP contribution in [0.25, 0.3) is 0 Å². The van der Waals surface area contributed by atoms with Gasteiger partial charge in [0, 0.05) is 10.5 Å². The van der Waals surface area contributed by atoms with E-state index in [-0.39, 0.29) is 22.1 Å². The molecule has 0 bridgehead atoms. The van der Waals surface area contributed by atoms with Crippen molar-refractivity contribution < 1.29 is 22.3 Å². The van der Waals surface area contributed by atoms with Crippen LogP contribution in [-0.4, -0.2) is 13.5 Å². The first-order valence-corrected chi connectivity index (χ1v) is 7.79. The molecular formula is C12H11BrFNO4S. The molecule has 8 heteroatoms. The number of halogens is 2. The minimum absolute atomic E-state index is 0.0798. The van der Waals surface area contributed by atoms with Gasteiger partial charge in [-0.1, -0.05) is 0 Å². The second-order valence-corrected chi connectivity index (χ2v) is 6.53. The SMILES string of the molecule is Cc1oc(CO)cc1S(=O)(=O)Nc1cc(F)ccc1Br. The van der Waals surface area contributed by atoms with Crippen LogP contribution < -0.4 is 4.72 Å². The van der Waals surface area contributed by atoms with Gasteiger partial charge in [0.05, 0.1) is 5.69 Å². The molecule has 2 N–H and O–H groups in total. The van der Waals surface area contributed by atoms with E-state index in [9.17, 15) is 12.8 Å². The summed E-state index contributed by atoms with van der Waals surface area (Å²) >= 11 is 3.14. The normalized spacial score (nSPS) is 11.6. The Morgan fingerprint density at radius 1 is 1.40 bits per heavy atom. The lowest BCUT2D eigenvalue weighted by molar-refractivity contribution is 0.245. The van der Waals surface area contributed by atoms with Gasteiger partial charge >= 0.3 is 0 Å². The number of hydrogen-bond acceptors (Lipinski definition) is 4. The third-order valence-electron chi connectivity index (χ3n) is 2.54. The van der Waals surface area contributed by atoms with Gasteiger partial charge in [-0.3, -0.25) is 4.72 Å². The fourth-order valence-corrected chi connectivity index (χ4v) is 3.40. The highest BCUT2D eigenvalue weighted by Gasteiger charge is 2.22. The Balaban J connectivity index is 2.40. The number of aryl methyl sites for hydroxylation is 1. The van der Waals surface area contributed by atoms with Gasteiger partial charge in [-0.2, -0.15) is 0 Å². The first-order chi connectivity index (χ1) is 9.33. The number of aliphatic hydroxyl groups excluding tert-OH is 1. The third kappa shape index (κ3) is 3.02. The highest BCUT2D eigenvalue weighted by molar-refractivity contribution is 9.10. The van der Waals surface area contributed by atoms with Crippen LogP contribution in [0.3, 0.4) is 0 Å². The Morgan fingerprint density at radius 2 is 2.10 bits per heavy atom. The van der Waals surface area contributed by atoms with E-state index in [1.165, 1.54) is 25.1 Å². The summed E-state index contributed by atoms with van der Waals surface area (Å²) in [5.74, 6) is -0.277. The summed E-state index contributed by atoms with van der Waals surface area (Å²) in [6, 6.07) is 4.89. The van der Waals surface area contributed by atoms with Crippen LogP contribution in [0.4, 0.5) is 10.1 Å². The lowest BCUT2D eigenvalue weighted by atomic mass is 10.3. The number of rotatable bonds is 4. The van der Waals surface area contributed by atoms with Gasteiger partial charge in [-0.25, -0.2) is 12.8 Å². The third-order valence-corrected chi connectivity index (χ3v) is 4.71. The molecule has 0 fully saturated rings. The monoisotopic (exact) mass is 363 g/mol. The van der Waals surface area contributed by atoms with Gasteiger partial charge in [0.15, 0.2) is 0 Å². The molecular weight excluding hydrogens is 353 g/mol. The maximum atomic E-state index is 13.2. The van der Waals surface area contributed by atoms with Crippen LogP contribution in [0.1, 0.15) is 11.5 Å². The number of aliphatic hydroxyl groups is 1. The molecule has 2 rings (SSSR count). The molecule has 0 saturated heterocycles. The summed E-state index contributed by atoms with van der Waals surface area (Å²) in [4.78, 5) is -0.0993. The van der Waals surface area contributed by atoms with Crippen molar-refractivity contribution in [2.75, 3.05) is 4.72 Å². The van der Waals surface area contributed by atoms with E-state index < -0.39 is 22.4 Å². The maximum absolute atomic E-state index is 13.2. The smallest absolute Gasteiger partial charge is 0.265 e. The zero-order chi connectivity index (χ0) is 14.9. The quantitative estimate of drug-likeness (QED) is 0.875. The number of furan rings is 1. The highest BCUT2D eigenvalue weighted by Crippen LogP contribution is 2.28. The number of anilines is 1. The number of sulfonamides is 1. The van der Waals surface area contributed by atoms with Crippen molar-refractivity contribution in [2.45, 2.75) is 18.4 Å². The van der Waals surface area contributed by atoms with Crippen LogP contribution in [-0.2, 0) is 16.6 Å². The van der Waals surface area contributed by atoms with Crippen LogP contribution in [0.5, 0.6) is 0 Å². The molecule has 0 unspecified atom stereocenters. The number of hydrogen-bond donors (Lipinski definition) is 2. The van der Waals surface area contributed by atoms with Crippen molar-refractivity contribution in [3.63, 3.8) is 0 Å². The summed E-state index contributed by atoms with van der Waals surface area (Å²) < 4.78 is 45.4. The molecule has 20 heavy (non-hydrogen) atoms. The molecule has 0 atom stereocenters. The molecule has 1 heterocycles. The fourth-order valence-electron chi connectivity index (χ4n) is 1.64. The van der Waals surface area contributed by atoms with Gasteiger partial charge in [-0.05, 0) is 41.1 Å². The van der Waals surface area contributed by atoms with E-state index in [0.29, 0.717) is 4.47 Å². The maximum Gasteiger partial charge on any atom is 0.265 e. The predicted octanol–water partition coefficient (Wildman–Crippen LogP) is 2.78. The first kappa shape index (κ1) is 15.0. The number of nitrogens with one attached hydrogen (secondary N) is 1. The second kappa shape index (κ2) is 5.55. The van der Waals surface area contributed by atoms with Gasteiger partial charge < -0.3 is 9.52 Å². The van der Waals surface area contributed by atoms with E-state index in [1.807, 2.05) is 0 Å². The van der Waals surface area contributed by atoms with Crippen molar-refractivity contribution in [2.24, 2.45) is 0 Å². The van der Waals surface area contributed by atoms with Crippen molar-refractivity contribution >= 4 is 31.6 Å². The fraction of sp³-hybridized carbons (Fsp3) is 0.167. The van der Waals surface area contributed by atoms with Crippen molar-refractivity contribution in [1.29, 1.82) is 0 Å². The minimum atomic E-state index is -3.92. The molecule has 0 aliphatic heterocycles. The van der Waals surface area contributed by atoms with Gasteiger partial charge in [-0.15, -0.1) is 0 Å². The van der Waals surface area contributed by atoms with E-state index in [4.69, 9.17) is 9.52 Å². The van der Waals surface area contributed by atoms with Crippen LogP contribution in [0.2, 0.25) is 0 Å².